The lowest BCUT2D eigenvalue weighted by atomic mass is 10.1. The van der Waals surface area contributed by atoms with Crippen molar-refractivity contribution < 1.29 is 28.6 Å². The number of amides is 3. The summed E-state index contributed by atoms with van der Waals surface area (Å²) in [7, 11) is 5.94. The Labute approximate surface area is 173 Å². The Balaban J connectivity index is 1.66. The molecule has 2 saturated heterocycles. The normalized spacial score (nSPS) is 22.7. The number of hydrogen-bond donors (Lipinski definition) is 0. The lowest BCUT2D eigenvalue weighted by Gasteiger charge is -2.40. The van der Waals surface area contributed by atoms with Gasteiger partial charge in [0.25, 0.3) is 5.91 Å². The summed E-state index contributed by atoms with van der Waals surface area (Å²) in [6.45, 7) is 0.697. The Bertz CT molecular complexity index is 934. The monoisotopic (exact) mass is 417 g/mol. The molecule has 3 aliphatic heterocycles. The summed E-state index contributed by atoms with van der Waals surface area (Å²) in [4.78, 5) is 48.3. The van der Waals surface area contributed by atoms with E-state index in [1.807, 2.05) is 21.9 Å². The van der Waals surface area contributed by atoms with Crippen LogP contribution < -0.4 is 14.4 Å². The Morgan fingerprint density at radius 3 is 2.60 bits per heavy atom. The topological polar surface area (TPSA) is 104 Å². The van der Waals surface area contributed by atoms with Crippen molar-refractivity contribution >= 4 is 29.6 Å². The number of benzene rings is 1. The van der Waals surface area contributed by atoms with Gasteiger partial charge in [-0.25, -0.2) is 9.79 Å². The van der Waals surface area contributed by atoms with Crippen LogP contribution in [0.3, 0.4) is 0 Å². The van der Waals surface area contributed by atoms with Crippen molar-refractivity contribution in [3.8, 4) is 11.5 Å². The van der Waals surface area contributed by atoms with Crippen LogP contribution in [0.25, 0.3) is 0 Å². The van der Waals surface area contributed by atoms with Gasteiger partial charge in [-0.05, 0) is 12.1 Å². The molecule has 3 aliphatic rings. The number of aliphatic imine (C=N–C) groups is 1. The molecular formula is C19H23N5O6. The largest absolute Gasteiger partial charge is 0.497 e. The van der Waals surface area contributed by atoms with Gasteiger partial charge < -0.3 is 28.9 Å². The Morgan fingerprint density at radius 1 is 1.17 bits per heavy atom. The predicted octanol–water partition coefficient (Wildman–Crippen LogP) is -0.0429. The van der Waals surface area contributed by atoms with Crippen LogP contribution in [0, 0.1) is 0 Å². The van der Waals surface area contributed by atoms with Crippen LogP contribution >= 0.6 is 0 Å². The molecule has 0 spiro atoms. The highest BCUT2D eigenvalue weighted by atomic mass is 16.5. The van der Waals surface area contributed by atoms with E-state index in [0.29, 0.717) is 30.5 Å². The molecule has 0 aliphatic carbocycles. The number of esters is 1. The van der Waals surface area contributed by atoms with E-state index in [9.17, 15) is 14.4 Å². The van der Waals surface area contributed by atoms with E-state index >= 15 is 0 Å². The molecule has 1 aromatic carbocycles. The number of guanidine groups is 1. The molecule has 2 unspecified atom stereocenters. The first kappa shape index (κ1) is 19.8. The van der Waals surface area contributed by atoms with Crippen molar-refractivity contribution in [2.45, 2.75) is 12.2 Å². The minimum atomic E-state index is -0.693. The van der Waals surface area contributed by atoms with Crippen LogP contribution in [0.15, 0.2) is 23.2 Å². The molecule has 0 N–H and O–H groups in total. The molecule has 3 amide bonds. The fourth-order valence-corrected chi connectivity index (χ4v) is 4.01. The molecule has 160 valence electrons. The summed E-state index contributed by atoms with van der Waals surface area (Å²) in [5, 5.41) is 0. The molecule has 0 aromatic heterocycles. The highest BCUT2D eigenvalue weighted by molar-refractivity contribution is 6.09. The minimum Gasteiger partial charge on any atom is -0.497 e. The Morgan fingerprint density at radius 2 is 1.93 bits per heavy atom. The first-order valence-corrected chi connectivity index (χ1v) is 9.40. The van der Waals surface area contributed by atoms with Crippen molar-refractivity contribution in [3.63, 3.8) is 0 Å². The van der Waals surface area contributed by atoms with E-state index < -0.39 is 36.7 Å². The number of urea groups is 1. The molecule has 11 heteroatoms. The molecule has 30 heavy (non-hydrogen) atoms. The predicted molar refractivity (Wildman–Crippen MR) is 105 cm³/mol. The highest BCUT2D eigenvalue weighted by Crippen LogP contribution is 2.38. The third kappa shape index (κ3) is 2.88. The van der Waals surface area contributed by atoms with Gasteiger partial charge in [-0.15, -0.1) is 0 Å². The van der Waals surface area contributed by atoms with E-state index in [2.05, 4.69) is 9.73 Å². The molecule has 11 nitrogen and oxygen atoms in total. The zero-order valence-corrected chi connectivity index (χ0v) is 17.2. The summed E-state index contributed by atoms with van der Waals surface area (Å²) in [6, 6.07) is 4.19. The van der Waals surface area contributed by atoms with Crippen LogP contribution in [-0.4, -0.2) is 98.8 Å². The van der Waals surface area contributed by atoms with Gasteiger partial charge in [0.1, 0.15) is 18.0 Å². The van der Waals surface area contributed by atoms with Crippen molar-refractivity contribution in [2.75, 3.05) is 52.9 Å². The third-order valence-electron chi connectivity index (χ3n) is 5.57. The molecule has 0 bridgehead atoms. The van der Waals surface area contributed by atoms with Crippen LogP contribution in [-0.2, 0) is 14.3 Å². The van der Waals surface area contributed by atoms with Gasteiger partial charge in [-0.2, -0.15) is 0 Å². The maximum atomic E-state index is 13.1. The number of nitrogens with zero attached hydrogens (tertiary/aromatic N) is 5. The van der Waals surface area contributed by atoms with Gasteiger partial charge in [0.15, 0.2) is 12.2 Å². The van der Waals surface area contributed by atoms with Crippen LogP contribution in [0.4, 0.5) is 10.5 Å². The van der Waals surface area contributed by atoms with E-state index in [-0.39, 0.29) is 0 Å². The Hall–Kier alpha value is -3.50. The number of anilines is 1. The first-order valence-electron chi connectivity index (χ1n) is 9.40. The van der Waals surface area contributed by atoms with Gasteiger partial charge in [0.05, 0.1) is 27.0 Å². The number of methoxy groups -OCH3 is 3. The SMILES string of the molecule is COC(=O)CN1C(=O)C2C(N=C3N(c4ccc(OC)cc4OC)CCN32)N(C)C1=O. The minimum absolute atomic E-state index is 0.430. The van der Waals surface area contributed by atoms with E-state index in [4.69, 9.17) is 9.47 Å². The van der Waals surface area contributed by atoms with Gasteiger partial charge in [-0.3, -0.25) is 14.5 Å². The molecular weight excluding hydrogens is 394 g/mol. The smallest absolute Gasteiger partial charge is 0.328 e. The average molecular weight is 417 g/mol. The highest BCUT2D eigenvalue weighted by Gasteiger charge is 2.55. The maximum Gasteiger partial charge on any atom is 0.328 e. The fraction of sp³-hybridized carbons (Fsp3) is 0.474. The molecule has 2 fully saturated rings. The van der Waals surface area contributed by atoms with Crippen LogP contribution in [0.2, 0.25) is 0 Å². The molecule has 2 atom stereocenters. The molecule has 4 rings (SSSR count). The van der Waals surface area contributed by atoms with Crippen molar-refractivity contribution in [3.05, 3.63) is 18.2 Å². The molecule has 3 heterocycles. The fourth-order valence-electron chi connectivity index (χ4n) is 4.01. The summed E-state index contributed by atoms with van der Waals surface area (Å²) >= 11 is 0. The van der Waals surface area contributed by atoms with Crippen LogP contribution in [0.1, 0.15) is 0 Å². The standard InChI is InChI=1S/C19H23N5O6/c1-21-16-15(17(26)24(19(21)27)10-14(25)30-4)23-8-7-22(18(23)20-16)12-6-5-11(28-2)9-13(12)29-3/h5-6,9,15-16H,7-8,10H2,1-4H3. The molecule has 1 aromatic rings. The summed E-state index contributed by atoms with van der Waals surface area (Å²) in [6.07, 6.45) is -0.666. The van der Waals surface area contributed by atoms with E-state index in [1.165, 1.54) is 12.0 Å². The molecule has 0 radical (unpaired) electrons. The van der Waals surface area contributed by atoms with E-state index in [0.717, 1.165) is 10.6 Å². The lowest BCUT2D eigenvalue weighted by molar-refractivity contribution is -0.148. The summed E-state index contributed by atoms with van der Waals surface area (Å²) < 4.78 is 15.4. The second-order valence-electron chi connectivity index (χ2n) is 7.06. The number of fused-ring (bicyclic) bond motifs is 3. The van der Waals surface area contributed by atoms with Gasteiger partial charge in [0.2, 0.25) is 5.96 Å². The van der Waals surface area contributed by atoms with Crippen molar-refractivity contribution in [1.29, 1.82) is 0 Å². The first-order chi connectivity index (χ1) is 14.4. The lowest BCUT2D eigenvalue weighted by Crippen LogP contribution is -2.65. The van der Waals surface area contributed by atoms with Crippen LogP contribution in [0.5, 0.6) is 11.5 Å². The second kappa shape index (κ2) is 7.39. The number of hydrogen-bond acceptors (Lipinski definition) is 9. The number of imide groups is 1. The quantitative estimate of drug-likeness (QED) is 0.615. The number of carbonyl (C=O) groups excluding carboxylic acids is 3. The second-order valence-corrected chi connectivity index (χ2v) is 7.06. The Kier molecular flexibility index (Phi) is 4.88. The zero-order valence-electron chi connectivity index (χ0n) is 17.2. The number of carbonyl (C=O) groups is 3. The average Bonchev–Trinajstić information content (AvgIpc) is 3.34. The van der Waals surface area contributed by atoms with Crippen molar-refractivity contribution in [1.82, 2.24) is 14.7 Å². The number of rotatable bonds is 5. The molecule has 0 saturated carbocycles. The summed E-state index contributed by atoms with van der Waals surface area (Å²) in [5.74, 6) is 0.732. The zero-order chi connectivity index (χ0) is 21.6. The van der Waals surface area contributed by atoms with E-state index in [1.54, 1.807) is 27.3 Å². The van der Waals surface area contributed by atoms with Gasteiger partial charge in [-0.1, -0.05) is 0 Å². The maximum absolute atomic E-state index is 13.1. The van der Waals surface area contributed by atoms with Crippen molar-refractivity contribution in [2.24, 2.45) is 4.99 Å². The summed E-state index contributed by atoms with van der Waals surface area (Å²) in [5.41, 5.74) is 0.783. The van der Waals surface area contributed by atoms with Gasteiger partial charge in [0, 0.05) is 26.2 Å². The number of ether oxygens (including phenoxy) is 3. The van der Waals surface area contributed by atoms with Gasteiger partial charge >= 0.3 is 12.0 Å². The number of likely N-dealkylation sites (N-methyl/N-ethyl adjacent to an activating group) is 1. The third-order valence-corrected chi connectivity index (χ3v) is 5.57.